The number of hydrogen-bond donors (Lipinski definition) is 0. The lowest BCUT2D eigenvalue weighted by Crippen LogP contribution is -2.06. The number of rotatable bonds is 7. The van der Waals surface area contributed by atoms with E-state index >= 15 is 0 Å². The van der Waals surface area contributed by atoms with Crippen LogP contribution in [0.4, 0.5) is 13.2 Å². The van der Waals surface area contributed by atoms with Crippen LogP contribution in [0.1, 0.15) is 33.5 Å². The molecule has 3 aromatic rings. The third-order valence-electron chi connectivity index (χ3n) is 3.88. The molecule has 0 amide bonds. The van der Waals surface area contributed by atoms with Gasteiger partial charge in [0, 0.05) is 34.5 Å². The molecule has 0 N–H and O–H groups in total. The maximum atomic E-state index is 13.8. The molecule has 0 unspecified atom stereocenters. The van der Waals surface area contributed by atoms with Crippen molar-refractivity contribution in [1.82, 2.24) is 4.98 Å². The van der Waals surface area contributed by atoms with Crippen molar-refractivity contribution in [2.24, 2.45) is 0 Å². The van der Waals surface area contributed by atoms with Crippen LogP contribution >= 0.6 is 22.9 Å². The van der Waals surface area contributed by atoms with Gasteiger partial charge in [-0.25, -0.2) is 22.9 Å². The second-order valence-corrected chi connectivity index (χ2v) is 7.29. The first-order chi connectivity index (χ1) is 13.9. The van der Waals surface area contributed by atoms with Gasteiger partial charge in [-0.15, -0.1) is 11.3 Å². The van der Waals surface area contributed by atoms with E-state index in [0.29, 0.717) is 33.5 Å². The fourth-order valence-electron chi connectivity index (χ4n) is 2.54. The highest BCUT2D eigenvalue weighted by Crippen LogP contribution is 2.28. The van der Waals surface area contributed by atoms with Crippen LogP contribution in [-0.4, -0.2) is 17.6 Å². The zero-order valence-electron chi connectivity index (χ0n) is 15.2. The number of aromatic nitrogens is 1. The molecule has 0 aliphatic heterocycles. The normalized spacial score (nSPS) is 10.8. The topological polar surface area (TPSA) is 48.4 Å². The van der Waals surface area contributed by atoms with E-state index in [1.807, 2.05) is 0 Å². The number of halogens is 4. The van der Waals surface area contributed by atoms with Crippen LogP contribution < -0.4 is 4.74 Å². The van der Waals surface area contributed by atoms with Crippen LogP contribution in [0.25, 0.3) is 0 Å². The Morgan fingerprint density at radius 2 is 1.90 bits per heavy atom. The van der Waals surface area contributed by atoms with Gasteiger partial charge in [0.15, 0.2) is 5.69 Å². The van der Waals surface area contributed by atoms with E-state index < -0.39 is 30.0 Å². The molecule has 0 fully saturated rings. The van der Waals surface area contributed by atoms with Gasteiger partial charge in [0.1, 0.15) is 29.8 Å². The summed E-state index contributed by atoms with van der Waals surface area (Å²) in [6.45, 7) is 1.51. The predicted molar refractivity (Wildman–Crippen MR) is 103 cm³/mol. The predicted octanol–water partition coefficient (Wildman–Crippen LogP) is 5.56. The van der Waals surface area contributed by atoms with Crippen LogP contribution in [-0.2, 0) is 17.8 Å². The molecular weight excluding hydrogens is 427 g/mol. The van der Waals surface area contributed by atoms with Gasteiger partial charge in [0.25, 0.3) is 0 Å². The molecule has 0 aliphatic carbocycles. The Morgan fingerprint density at radius 3 is 2.59 bits per heavy atom. The maximum Gasteiger partial charge on any atom is 0.357 e. The minimum atomic E-state index is -1.03. The Kier molecular flexibility index (Phi) is 6.76. The summed E-state index contributed by atoms with van der Waals surface area (Å²) in [6.07, 6.45) is 0.286. The average molecular weight is 442 g/mol. The lowest BCUT2D eigenvalue weighted by Gasteiger charge is -2.12. The molecule has 0 radical (unpaired) electrons. The Bertz CT molecular complexity index is 1020. The van der Waals surface area contributed by atoms with E-state index in [-0.39, 0.29) is 24.3 Å². The summed E-state index contributed by atoms with van der Waals surface area (Å²) in [4.78, 5) is 16.0. The summed E-state index contributed by atoms with van der Waals surface area (Å²) in [5, 5.41) is 2.63. The zero-order chi connectivity index (χ0) is 21.0. The van der Waals surface area contributed by atoms with Crippen molar-refractivity contribution < 1.29 is 27.4 Å². The first-order valence-electron chi connectivity index (χ1n) is 8.53. The number of esters is 1. The number of ether oxygens (including phenoxy) is 2. The van der Waals surface area contributed by atoms with Crippen LogP contribution in [0.5, 0.6) is 5.75 Å². The maximum absolute atomic E-state index is 13.8. The summed E-state index contributed by atoms with van der Waals surface area (Å²) >= 11 is 7.32. The van der Waals surface area contributed by atoms with Crippen LogP contribution in [0.15, 0.2) is 35.7 Å². The molecular formula is C20H15ClF3NO3S. The highest BCUT2D eigenvalue weighted by molar-refractivity contribution is 7.09. The minimum Gasteiger partial charge on any atom is -0.488 e. The second kappa shape index (κ2) is 9.28. The summed E-state index contributed by atoms with van der Waals surface area (Å²) in [6, 6.07) is 5.97. The van der Waals surface area contributed by atoms with E-state index in [0.717, 1.165) is 0 Å². The lowest BCUT2D eigenvalue weighted by atomic mass is 10.1. The molecule has 0 saturated heterocycles. The highest BCUT2D eigenvalue weighted by atomic mass is 35.5. The summed E-state index contributed by atoms with van der Waals surface area (Å²) < 4.78 is 51.2. The lowest BCUT2D eigenvalue weighted by molar-refractivity contribution is 0.0520. The molecule has 0 saturated carbocycles. The van der Waals surface area contributed by atoms with Gasteiger partial charge in [0.2, 0.25) is 0 Å². The van der Waals surface area contributed by atoms with Crippen molar-refractivity contribution in [3.63, 3.8) is 0 Å². The zero-order valence-corrected chi connectivity index (χ0v) is 16.7. The minimum absolute atomic E-state index is 0.201. The van der Waals surface area contributed by atoms with Gasteiger partial charge in [-0.2, -0.15) is 0 Å². The molecule has 9 heteroatoms. The van der Waals surface area contributed by atoms with E-state index in [2.05, 4.69) is 4.98 Å². The number of hydrogen-bond acceptors (Lipinski definition) is 5. The van der Waals surface area contributed by atoms with E-state index in [4.69, 9.17) is 21.1 Å². The third kappa shape index (κ3) is 5.27. The third-order valence-corrected chi connectivity index (χ3v) is 4.96. The fourth-order valence-corrected chi connectivity index (χ4v) is 3.52. The van der Waals surface area contributed by atoms with Crippen molar-refractivity contribution in [2.75, 3.05) is 6.61 Å². The van der Waals surface area contributed by atoms with Gasteiger partial charge in [-0.05, 0) is 25.1 Å². The first-order valence-corrected chi connectivity index (χ1v) is 9.79. The number of benzene rings is 2. The SMILES string of the molecule is CCOC(=O)c1csc(Cc2cc(Cl)ccc2OCc2c(F)cc(F)cc2F)n1. The van der Waals surface area contributed by atoms with Crippen molar-refractivity contribution >= 4 is 28.9 Å². The molecule has 4 nitrogen and oxygen atoms in total. The Balaban J connectivity index is 1.79. The molecule has 29 heavy (non-hydrogen) atoms. The van der Waals surface area contributed by atoms with E-state index in [1.54, 1.807) is 30.5 Å². The molecule has 0 bridgehead atoms. The monoisotopic (exact) mass is 441 g/mol. The Labute approximate surface area is 173 Å². The summed E-state index contributed by atoms with van der Waals surface area (Å²) in [7, 11) is 0. The Hall–Kier alpha value is -2.58. The fraction of sp³-hybridized carbons (Fsp3) is 0.200. The quantitative estimate of drug-likeness (QED) is 0.450. The van der Waals surface area contributed by atoms with Gasteiger partial charge in [-0.3, -0.25) is 0 Å². The van der Waals surface area contributed by atoms with Crippen LogP contribution in [0.3, 0.4) is 0 Å². The highest BCUT2D eigenvalue weighted by Gasteiger charge is 2.16. The molecule has 0 aliphatic rings. The van der Waals surface area contributed by atoms with E-state index in [1.165, 1.54) is 11.3 Å². The van der Waals surface area contributed by atoms with Crippen molar-refractivity contribution in [2.45, 2.75) is 20.0 Å². The molecule has 2 aromatic carbocycles. The van der Waals surface area contributed by atoms with Crippen molar-refractivity contribution in [1.29, 1.82) is 0 Å². The molecule has 0 atom stereocenters. The number of thiazole rings is 1. The van der Waals surface area contributed by atoms with Gasteiger partial charge >= 0.3 is 5.97 Å². The van der Waals surface area contributed by atoms with Gasteiger partial charge in [-0.1, -0.05) is 11.6 Å². The van der Waals surface area contributed by atoms with Crippen molar-refractivity contribution in [3.05, 3.63) is 80.0 Å². The largest absolute Gasteiger partial charge is 0.488 e. The van der Waals surface area contributed by atoms with Crippen molar-refractivity contribution in [3.8, 4) is 5.75 Å². The summed E-state index contributed by atoms with van der Waals surface area (Å²) in [5.74, 6) is -3.24. The number of carbonyl (C=O) groups is 1. The first kappa shape index (κ1) is 21.1. The van der Waals surface area contributed by atoms with E-state index in [9.17, 15) is 18.0 Å². The summed E-state index contributed by atoms with van der Waals surface area (Å²) in [5.41, 5.74) is 0.433. The molecule has 1 aromatic heterocycles. The number of carbonyl (C=O) groups excluding carboxylic acids is 1. The number of nitrogens with zero attached hydrogens (tertiary/aromatic N) is 1. The smallest absolute Gasteiger partial charge is 0.357 e. The standard InChI is InChI=1S/C20H15ClF3NO3S/c1-2-27-20(26)17-10-29-19(25-17)6-11-5-12(21)3-4-18(11)28-9-14-15(23)7-13(22)8-16(14)24/h3-5,7-8,10H,2,6,9H2,1H3. The average Bonchev–Trinajstić information content (AvgIpc) is 3.11. The van der Waals surface area contributed by atoms with Crippen LogP contribution in [0, 0.1) is 17.5 Å². The molecule has 3 rings (SSSR count). The molecule has 1 heterocycles. The van der Waals surface area contributed by atoms with Gasteiger partial charge < -0.3 is 9.47 Å². The second-order valence-electron chi connectivity index (χ2n) is 5.91. The van der Waals surface area contributed by atoms with Crippen LogP contribution in [0.2, 0.25) is 5.02 Å². The Morgan fingerprint density at radius 1 is 1.17 bits per heavy atom. The molecule has 0 spiro atoms. The molecule has 152 valence electrons. The van der Waals surface area contributed by atoms with Gasteiger partial charge in [0.05, 0.1) is 17.2 Å².